The molecular weight excluding hydrogens is 251 g/mol. The Morgan fingerprint density at radius 2 is 2.09 bits per heavy atom. The maximum Gasteiger partial charge on any atom is 0.0672 e. The topological polar surface area (TPSA) is 38.0 Å². The molecule has 0 amide bonds. The van der Waals surface area contributed by atoms with E-state index in [0.29, 0.717) is 5.02 Å². The first-order chi connectivity index (χ1) is 4.74. The van der Waals surface area contributed by atoms with Gasteiger partial charge in [-0.2, -0.15) is 0 Å². The average molecular weight is 258 g/mol. The van der Waals surface area contributed by atoms with Crippen molar-refractivity contribution in [3.63, 3.8) is 0 Å². The highest BCUT2D eigenvalue weighted by atomic mass is 79.9. The van der Waals surface area contributed by atoms with Crippen molar-refractivity contribution in [2.75, 3.05) is 5.43 Å². The lowest BCUT2D eigenvalue weighted by Gasteiger charge is -2.01. The fourth-order valence-corrected chi connectivity index (χ4v) is 1.33. The molecule has 0 radical (unpaired) electrons. The van der Waals surface area contributed by atoms with Crippen molar-refractivity contribution in [2.45, 2.75) is 0 Å². The molecule has 3 N–H and O–H groups in total. The van der Waals surface area contributed by atoms with Crippen molar-refractivity contribution in [3.8, 4) is 0 Å². The van der Waals surface area contributed by atoms with Crippen molar-refractivity contribution in [3.05, 3.63) is 27.7 Å². The van der Waals surface area contributed by atoms with Gasteiger partial charge >= 0.3 is 0 Å². The highest BCUT2D eigenvalue weighted by Gasteiger charge is 1.96. The lowest BCUT2D eigenvalue weighted by molar-refractivity contribution is 1.35. The van der Waals surface area contributed by atoms with E-state index in [-0.39, 0.29) is 12.4 Å². The third-order valence-corrected chi connectivity index (χ3v) is 1.89. The van der Waals surface area contributed by atoms with E-state index in [1.807, 2.05) is 6.07 Å². The van der Waals surface area contributed by atoms with E-state index in [1.165, 1.54) is 0 Å². The first kappa shape index (κ1) is 11.0. The zero-order chi connectivity index (χ0) is 7.56. The van der Waals surface area contributed by atoms with Crippen LogP contribution in [0.4, 0.5) is 5.69 Å². The number of hydrazine groups is 1. The summed E-state index contributed by atoms with van der Waals surface area (Å²) in [7, 11) is 0. The fourth-order valence-electron chi connectivity index (χ4n) is 0.607. The maximum absolute atomic E-state index is 5.76. The van der Waals surface area contributed by atoms with E-state index in [0.717, 1.165) is 10.2 Å². The van der Waals surface area contributed by atoms with Gasteiger partial charge in [0.2, 0.25) is 0 Å². The molecule has 1 aromatic rings. The molecule has 0 bridgehead atoms. The number of rotatable bonds is 1. The molecule has 0 aliphatic rings. The summed E-state index contributed by atoms with van der Waals surface area (Å²) < 4.78 is 0.941. The lowest BCUT2D eigenvalue weighted by atomic mass is 10.3. The Kier molecular flexibility index (Phi) is 4.84. The van der Waals surface area contributed by atoms with Gasteiger partial charge in [-0.05, 0) is 18.2 Å². The van der Waals surface area contributed by atoms with Gasteiger partial charge < -0.3 is 5.43 Å². The van der Waals surface area contributed by atoms with Gasteiger partial charge in [0.15, 0.2) is 0 Å². The molecule has 0 spiro atoms. The van der Waals surface area contributed by atoms with E-state index >= 15 is 0 Å². The fraction of sp³-hybridized carbons (Fsp3) is 0. The second kappa shape index (κ2) is 4.83. The molecule has 0 aliphatic carbocycles. The van der Waals surface area contributed by atoms with Gasteiger partial charge in [-0.15, -0.1) is 12.4 Å². The first-order valence-corrected chi connectivity index (χ1v) is 3.83. The van der Waals surface area contributed by atoms with Gasteiger partial charge in [-0.25, -0.2) is 0 Å². The number of anilines is 1. The minimum absolute atomic E-state index is 0. The summed E-state index contributed by atoms with van der Waals surface area (Å²) in [6.45, 7) is 0. The molecule has 0 heterocycles. The van der Waals surface area contributed by atoms with Crippen LogP contribution in [0.25, 0.3) is 0 Å². The number of nitrogens with one attached hydrogen (secondary N) is 1. The predicted octanol–water partition coefficient (Wildman–Crippen LogP) is 2.81. The quantitative estimate of drug-likeness (QED) is 0.600. The number of hydrogen-bond donors (Lipinski definition) is 2. The molecule has 0 atom stereocenters. The number of nitrogens with two attached hydrogens (primary N) is 1. The zero-order valence-corrected chi connectivity index (χ0v) is 8.63. The molecule has 2 nitrogen and oxygen atoms in total. The normalized spacial score (nSPS) is 8.64. The van der Waals surface area contributed by atoms with Crippen LogP contribution in [-0.4, -0.2) is 0 Å². The van der Waals surface area contributed by atoms with Gasteiger partial charge in [0, 0.05) is 4.47 Å². The number of halogens is 3. The average Bonchev–Trinajstić information content (AvgIpc) is 1.88. The molecule has 0 saturated heterocycles. The van der Waals surface area contributed by atoms with E-state index in [9.17, 15) is 0 Å². The Balaban J connectivity index is 0.000001000. The van der Waals surface area contributed by atoms with Gasteiger partial charge in [-0.3, -0.25) is 5.84 Å². The van der Waals surface area contributed by atoms with Crippen LogP contribution >= 0.6 is 39.9 Å². The standard InChI is InChI=1S/C6H6BrClN2.ClH/c7-4-1-2-6(10-9)5(8)3-4;/h1-3,10H,9H2;1H. The van der Waals surface area contributed by atoms with Crippen LogP contribution in [0.3, 0.4) is 0 Å². The number of hydrogen-bond acceptors (Lipinski definition) is 2. The van der Waals surface area contributed by atoms with Crippen molar-refractivity contribution < 1.29 is 0 Å². The predicted molar refractivity (Wildman–Crippen MR) is 54.2 cm³/mol. The van der Waals surface area contributed by atoms with Crippen LogP contribution in [0.15, 0.2) is 22.7 Å². The molecule has 1 aromatic carbocycles. The largest absolute Gasteiger partial charge is 0.323 e. The zero-order valence-electron chi connectivity index (χ0n) is 5.47. The van der Waals surface area contributed by atoms with Gasteiger partial charge in [0.25, 0.3) is 0 Å². The highest BCUT2D eigenvalue weighted by Crippen LogP contribution is 2.24. The molecule has 0 fully saturated rings. The molecule has 0 saturated carbocycles. The smallest absolute Gasteiger partial charge is 0.0672 e. The molecule has 0 aromatic heterocycles. The molecule has 11 heavy (non-hydrogen) atoms. The molecule has 5 heteroatoms. The summed E-state index contributed by atoms with van der Waals surface area (Å²) in [4.78, 5) is 0. The van der Waals surface area contributed by atoms with E-state index in [4.69, 9.17) is 17.4 Å². The lowest BCUT2D eigenvalue weighted by Crippen LogP contribution is -2.06. The van der Waals surface area contributed by atoms with Gasteiger partial charge in [0.05, 0.1) is 10.7 Å². The Labute approximate surface area is 84.6 Å². The van der Waals surface area contributed by atoms with E-state index < -0.39 is 0 Å². The van der Waals surface area contributed by atoms with Crippen LogP contribution in [0.5, 0.6) is 0 Å². The van der Waals surface area contributed by atoms with Crippen molar-refractivity contribution in [2.24, 2.45) is 5.84 Å². The number of nitrogen functional groups attached to an aromatic ring is 1. The summed E-state index contributed by atoms with van der Waals surface area (Å²) in [5.41, 5.74) is 3.20. The minimum atomic E-state index is 0. The van der Waals surface area contributed by atoms with Crippen LogP contribution < -0.4 is 11.3 Å². The van der Waals surface area contributed by atoms with E-state index in [1.54, 1.807) is 12.1 Å². The summed E-state index contributed by atoms with van der Waals surface area (Å²) in [5.74, 6) is 5.15. The monoisotopic (exact) mass is 256 g/mol. The van der Waals surface area contributed by atoms with Crippen molar-refractivity contribution >= 4 is 45.6 Å². The first-order valence-electron chi connectivity index (χ1n) is 2.65. The van der Waals surface area contributed by atoms with Crippen LogP contribution in [0.1, 0.15) is 0 Å². The third kappa shape index (κ3) is 2.87. The summed E-state index contributed by atoms with van der Waals surface area (Å²) in [6.07, 6.45) is 0. The SMILES string of the molecule is Cl.NNc1ccc(Br)cc1Cl. The van der Waals surface area contributed by atoms with Crippen LogP contribution in [0.2, 0.25) is 5.02 Å². The summed E-state index contributed by atoms with van der Waals surface area (Å²) in [6, 6.07) is 5.43. The molecular formula is C6H7BrCl2N2. The van der Waals surface area contributed by atoms with Crippen molar-refractivity contribution in [1.29, 1.82) is 0 Å². The Hall–Kier alpha value is 0.0400. The van der Waals surface area contributed by atoms with E-state index in [2.05, 4.69) is 21.4 Å². The summed E-state index contributed by atoms with van der Waals surface area (Å²) >= 11 is 9.03. The van der Waals surface area contributed by atoms with Gasteiger partial charge in [0.1, 0.15) is 0 Å². The second-order valence-electron chi connectivity index (χ2n) is 1.77. The molecule has 0 unspecified atom stereocenters. The third-order valence-electron chi connectivity index (χ3n) is 1.09. The Bertz CT molecular complexity index is 242. The van der Waals surface area contributed by atoms with Crippen molar-refractivity contribution in [1.82, 2.24) is 0 Å². The van der Waals surface area contributed by atoms with Crippen LogP contribution in [0, 0.1) is 0 Å². The Morgan fingerprint density at radius 3 is 2.55 bits per heavy atom. The highest BCUT2D eigenvalue weighted by molar-refractivity contribution is 9.10. The molecule has 62 valence electrons. The maximum atomic E-state index is 5.76. The molecule has 0 aliphatic heterocycles. The minimum Gasteiger partial charge on any atom is -0.323 e. The summed E-state index contributed by atoms with van der Waals surface area (Å²) in [5, 5.41) is 0.608. The number of benzene rings is 1. The van der Waals surface area contributed by atoms with Gasteiger partial charge in [-0.1, -0.05) is 27.5 Å². The van der Waals surface area contributed by atoms with Crippen LogP contribution in [-0.2, 0) is 0 Å². The molecule has 1 rings (SSSR count). The second-order valence-corrected chi connectivity index (χ2v) is 3.09. The Morgan fingerprint density at radius 1 is 1.45 bits per heavy atom.